The first-order chi connectivity index (χ1) is 9.65. The maximum Gasteiger partial charge on any atom is 0.220 e. The maximum absolute atomic E-state index is 12.0. The first-order valence-corrected chi connectivity index (χ1v) is 7.71. The van der Waals surface area contributed by atoms with E-state index in [2.05, 4.69) is 48.7 Å². The number of carbonyl (C=O) groups excluding carboxylic acids is 1. The van der Waals surface area contributed by atoms with Crippen molar-refractivity contribution in [3.05, 3.63) is 35.4 Å². The predicted molar refractivity (Wildman–Crippen MR) is 82.7 cm³/mol. The third-order valence-corrected chi connectivity index (χ3v) is 4.16. The van der Waals surface area contributed by atoms with Crippen LogP contribution >= 0.6 is 0 Å². The SMILES string of the molecule is Cc1ccc(CCCC(=O)NC2CNCCC2C)cc1. The van der Waals surface area contributed by atoms with Gasteiger partial charge in [0, 0.05) is 19.0 Å². The van der Waals surface area contributed by atoms with Crippen LogP contribution in [0.3, 0.4) is 0 Å². The van der Waals surface area contributed by atoms with Crippen molar-refractivity contribution in [1.82, 2.24) is 10.6 Å². The molecular weight excluding hydrogens is 248 g/mol. The summed E-state index contributed by atoms with van der Waals surface area (Å²) < 4.78 is 0. The van der Waals surface area contributed by atoms with Gasteiger partial charge in [0.2, 0.25) is 5.91 Å². The summed E-state index contributed by atoms with van der Waals surface area (Å²) in [5, 5.41) is 6.51. The van der Waals surface area contributed by atoms with E-state index in [4.69, 9.17) is 0 Å². The number of carbonyl (C=O) groups is 1. The highest BCUT2D eigenvalue weighted by molar-refractivity contribution is 5.76. The minimum Gasteiger partial charge on any atom is -0.352 e. The van der Waals surface area contributed by atoms with E-state index in [1.54, 1.807) is 0 Å². The number of aryl methyl sites for hydroxylation is 2. The van der Waals surface area contributed by atoms with Gasteiger partial charge < -0.3 is 10.6 Å². The molecule has 2 atom stereocenters. The molecule has 1 saturated heterocycles. The summed E-state index contributed by atoms with van der Waals surface area (Å²) in [6.07, 6.45) is 3.67. The number of amides is 1. The number of nitrogens with one attached hydrogen (secondary N) is 2. The summed E-state index contributed by atoms with van der Waals surface area (Å²) in [6, 6.07) is 8.87. The van der Waals surface area contributed by atoms with Crippen LogP contribution in [0.2, 0.25) is 0 Å². The van der Waals surface area contributed by atoms with Crippen molar-refractivity contribution < 1.29 is 4.79 Å². The van der Waals surface area contributed by atoms with Gasteiger partial charge in [0.25, 0.3) is 0 Å². The van der Waals surface area contributed by atoms with Crippen molar-refractivity contribution in [1.29, 1.82) is 0 Å². The quantitative estimate of drug-likeness (QED) is 0.866. The first kappa shape index (κ1) is 15.0. The summed E-state index contributed by atoms with van der Waals surface area (Å²) in [4.78, 5) is 12.0. The first-order valence-electron chi connectivity index (χ1n) is 7.71. The van der Waals surface area contributed by atoms with Gasteiger partial charge in [-0.2, -0.15) is 0 Å². The Balaban J connectivity index is 1.68. The molecule has 1 heterocycles. The van der Waals surface area contributed by atoms with Crippen LogP contribution in [0.25, 0.3) is 0 Å². The van der Waals surface area contributed by atoms with E-state index in [0.717, 1.165) is 32.4 Å². The third kappa shape index (κ3) is 4.64. The Labute approximate surface area is 122 Å². The van der Waals surface area contributed by atoms with Gasteiger partial charge in [0.15, 0.2) is 0 Å². The molecule has 3 heteroatoms. The van der Waals surface area contributed by atoms with Gasteiger partial charge in [-0.3, -0.25) is 4.79 Å². The topological polar surface area (TPSA) is 41.1 Å². The van der Waals surface area contributed by atoms with Gasteiger partial charge >= 0.3 is 0 Å². The molecule has 2 rings (SSSR count). The highest BCUT2D eigenvalue weighted by Crippen LogP contribution is 2.12. The van der Waals surface area contributed by atoms with Crippen molar-refractivity contribution in [3.8, 4) is 0 Å². The highest BCUT2D eigenvalue weighted by atomic mass is 16.1. The van der Waals surface area contributed by atoms with Gasteiger partial charge in [-0.25, -0.2) is 0 Å². The highest BCUT2D eigenvalue weighted by Gasteiger charge is 2.22. The predicted octanol–water partition coefficient (Wildman–Crippen LogP) is 2.43. The number of rotatable bonds is 5. The van der Waals surface area contributed by atoms with Crippen molar-refractivity contribution in [2.24, 2.45) is 5.92 Å². The molecule has 110 valence electrons. The molecule has 1 amide bonds. The van der Waals surface area contributed by atoms with Crippen molar-refractivity contribution in [2.45, 2.75) is 45.6 Å². The Morgan fingerprint density at radius 2 is 2.10 bits per heavy atom. The lowest BCUT2D eigenvalue weighted by Crippen LogP contribution is -2.50. The van der Waals surface area contributed by atoms with Crippen LogP contribution in [0.5, 0.6) is 0 Å². The molecule has 2 unspecified atom stereocenters. The fourth-order valence-corrected chi connectivity index (χ4v) is 2.67. The van der Waals surface area contributed by atoms with Crippen LogP contribution in [0.1, 0.15) is 37.3 Å². The molecule has 0 aromatic heterocycles. The second kappa shape index (κ2) is 7.44. The van der Waals surface area contributed by atoms with Crippen molar-refractivity contribution in [3.63, 3.8) is 0 Å². The van der Waals surface area contributed by atoms with E-state index in [9.17, 15) is 4.79 Å². The maximum atomic E-state index is 12.0. The lowest BCUT2D eigenvalue weighted by atomic mass is 9.94. The fraction of sp³-hybridized carbons (Fsp3) is 0.588. The van der Waals surface area contributed by atoms with Crippen molar-refractivity contribution >= 4 is 5.91 Å². The Bertz CT molecular complexity index is 427. The second-order valence-corrected chi connectivity index (χ2v) is 5.98. The molecule has 20 heavy (non-hydrogen) atoms. The summed E-state index contributed by atoms with van der Waals surface area (Å²) in [5.74, 6) is 0.773. The Hall–Kier alpha value is -1.35. The summed E-state index contributed by atoms with van der Waals surface area (Å²) in [5.41, 5.74) is 2.60. The molecule has 3 nitrogen and oxygen atoms in total. The van der Waals surface area contributed by atoms with E-state index in [-0.39, 0.29) is 5.91 Å². The van der Waals surface area contributed by atoms with E-state index in [0.29, 0.717) is 18.4 Å². The fourth-order valence-electron chi connectivity index (χ4n) is 2.67. The largest absolute Gasteiger partial charge is 0.352 e. The molecular formula is C17H26N2O. The standard InChI is InChI=1S/C17H26N2O/c1-13-6-8-15(9-7-13)4-3-5-17(20)19-16-12-18-11-10-14(16)2/h6-9,14,16,18H,3-5,10-12H2,1-2H3,(H,19,20). The van der Waals surface area contributed by atoms with Gasteiger partial charge in [-0.1, -0.05) is 36.8 Å². The molecule has 1 aromatic carbocycles. The molecule has 1 aromatic rings. The average molecular weight is 274 g/mol. The van der Waals surface area contributed by atoms with Crippen LogP contribution in [0.15, 0.2) is 24.3 Å². The molecule has 0 aliphatic carbocycles. The molecule has 0 spiro atoms. The lowest BCUT2D eigenvalue weighted by molar-refractivity contribution is -0.122. The smallest absolute Gasteiger partial charge is 0.220 e. The number of hydrogen-bond donors (Lipinski definition) is 2. The number of benzene rings is 1. The van der Waals surface area contributed by atoms with Gasteiger partial charge in [0.05, 0.1) is 0 Å². The Morgan fingerprint density at radius 3 is 2.80 bits per heavy atom. The minimum absolute atomic E-state index is 0.192. The van der Waals surface area contributed by atoms with Crippen LogP contribution in [-0.4, -0.2) is 25.0 Å². The molecule has 0 radical (unpaired) electrons. The van der Waals surface area contributed by atoms with E-state index < -0.39 is 0 Å². The monoisotopic (exact) mass is 274 g/mol. The molecule has 1 aliphatic rings. The van der Waals surface area contributed by atoms with Gasteiger partial charge in [-0.15, -0.1) is 0 Å². The molecule has 0 bridgehead atoms. The number of hydrogen-bond acceptors (Lipinski definition) is 2. The summed E-state index contributed by atoms with van der Waals surface area (Å²) in [7, 11) is 0. The van der Waals surface area contributed by atoms with Crippen molar-refractivity contribution in [2.75, 3.05) is 13.1 Å². The van der Waals surface area contributed by atoms with Crippen LogP contribution < -0.4 is 10.6 Å². The zero-order valence-electron chi connectivity index (χ0n) is 12.6. The average Bonchev–Trinajstić information content (AvgIpc) is 2.44. The molecule has 1 aliphatic heterocycles. The van der Waals surface area contributed by atoms with E-state index in [1.807, 2.05) is 0 Å². The molecule has 1 fully saturated rings. The summed E-state index contributed by atoms with van der Waals surface area (Å²) in [6.45, 7) is 6.29. The lowest BCUT2D eigenvalue weighted by Gasteiger charge is -2.30. The van der Waals surface area contributed by atoms with E-state index >= 15 is 0 Å². The second-order valence-electron chi connectivity index (χ2n) is 5.98. The zero-order valence-corrected chi connectivity index (χ0v) is 12.6. The number of piperidine rings is 1. The van der Waals surface area contributed by atoms with Crippen LogP contribution in [0, 0.1) is 12.8 Å². The Kier molecular flexibility index (Phi) is 5.60. The zero-order chi connectivity index (χ0) is 14.4. The van der Waals surface area contributed by atoms with Crippen LogP contribution in [0.4, 0.5) is 0 Å². The molecule has 0 saturated carbocycles. The van der Waals surface area contributed by atoms with Gasteiger partial charge in [0.1, 0.15) is 0 Å². The van der Waals surface area contributed by atoms with Crippen LogP contribution in [-0.2, 0) is 11.2 Å². The van der Waals surface area contributed by atoms with E-state index in [1.165, 1.54) is 11.1 Å². The normalized spacial score (nSPS) is 22.5. The minimum atomic E-state index is 0.192. The third-order valence-electron chi connectivity index (χ3n) is 4.16. The summed E-state index contributed by atoms with van der Waals surface area (Å²) >= 11 is 0. The van der Waals surface area contributed by atoms with Gasteiger partial charge in [-0.05, 0) is 44.2 Å². The Morgan fingerprint density at radius 1 is 1.35 bits per heavy atom. The molecule has 2 N–H and O–H groups in total.